The predicted molar refractivity (Wildman–Crippen MR) is 106 cm³/mol. The van der Waals surface area contributed by atoms with E-state index in [0.29, 0.717) is 30.4 Å². The van der Waals surface area contributed by atoms with Crippen molar-refractivity contribution >= 4 is 33.5 Å². The van der Waals surface area contributed by atoms with Crippen LogP contribution in [0.1, 0.15) is 19.4 Å². The van der Waals surface area contributed by atoms with Gasteiger partial charge in [0.15, 0.2) is 18.1 Å². The molecule has 0 aliphatic heterocycles. The van der Waals surface area contributed by atoms with Crippen molar-refractivity contribution in [2.75, 3.05) is 25.1 Å². The van der Waals surface area contributed by atoms with Crippen LogP contribution in [0.2, 0.25) is 0 Å². The van der Waals surface area contributed by atoms with Gasteiger partial charge in [0.1, 0.15) is 0 Å². The number of carbonyl (C=O) groups excluding carboxylic acids is 2. The third-order valence-corrected chi connectivity index (χ3v) is 3.98. The molecule has 6 nitrogen and oxygen atoms in total. The van der Waals surface area contributed by atoms with Gasteiger partial charge in [0, 0.05) is 10.2 Å². The fourth-order valence-electron chi connectivity index (χ4n) is 2.30. The van der Waals surface area contributed by atoms with Crippen LogP contribution >= 0.6 is 15.9 Å². The molecule has 0 aliphatic rings. The largest absolute Gasteiger partial charge is 0.490 e. The van der Waals surface area contributed by atoms with Crippen molar-refractivity contribution in [2.24, 2.45) is 0 Å². The highest BCUT2D eigenvalue weighted by Gasteiger charge is 2.12. The van der Waals surface area contributed by atoms with Gasteiger partial charge in [-0.25, -0.2) is 0 Å². The summed E-state index contributed by atoms with van der Waals surface area (Å²) in [4.78, 5) is 23.9. The summed E-state index contributed by atoms with van der Waals surface area (Å²) in [6.45, 7) is 4.43. The number of nitrogens with one attached hydrogen (secondary N) is 1. The molecule has 0 heterocycles. The Bertz CT molecular complexity index is 776. The lowest BCUT2D eigenvalue weighted by Gasteiger charge is -2.12. The van der Waals surface area contributed by atoms with E-state index in [1.54, 1.807) is 30.3 Å². The highest BCUT2D eigenvalue weighted by molar-refractivity contribution is 9.10. The Morgan fingerprint density at radius 3 is 2.30 bits per heavy atom. The van der Waals surface area contributed by atoms with Gasteiger partial charge in [-0.05, 0) is 55.8 Å². The first-order valence-corrected chi connectivity index (χ1v) is 9.40. The summed E-state index contributed by atoms with van der Waals surface area (Å²) in [5.41, 5.74) is 1.35. The number of hydrogen-bond acceptors (Lipinski definition) is 5. The Morgan fingerprint density at radius 1 is 0.963 bits per heavy atom. The van der Waals surface area contributed by atoms with Crippen LogP contribution in [0.25, 0.3) is 0 Å². The lowest BCUT2D eigenvalue weighted by Crippen LogP contribution is -2.21. The summed E-state index contributed by atoms with van der Waals surface area (Å²) in [6, 6.07) is 12.4. The molecule has 0 unspecified atom stereocenters. The smallest absolute Gasteiger partial charge is 0.310 e. The van der Waals surface area contributed by atoms with Crippen LogP contribution < -0.4 is 14.8 Å². The molecule has 0 atom stereocenters. The monoisotopic (exact) mass is 435 g/mol. The Balaban J connectivity index is 1.86. The molecule has 0 radical (unpaired) electrons. The maximum atomic E-state index is 12.0. The Hall–Kier alpha value is -2.54. The first-order chi connectivity index (χ1) is 13.0. The Kier molecular flexibility index (Phi) is 8.13. The molecule has 1 N–H and O–H groups in total. The van der Waals surface area contributed by atoms with Crippen molar-refractivity contribution in [3.05, 3.63) is 52.5 Å². The third kappa shape index (κ3) is 6.94. The summed E-state index contributed by atoms with van der Waals surface area (Å²) < 4.78 is 17.0. The molecule has 0 fully saturated rings. The highest BCUT2D eigenvalue weighted by atomic mass is 79.9. The minimum absolute atomic E-state index is 0.0397. The average molecular weight is 436 g/mol. The standard InChI is InChI=1S/C20H22BrNO5/c1-3-25-17-10-5-14(11-18(17)26-4-2)12-20(24)27-13-19(23)22-16-8-6-15(21)7-9-16/h5-11H,3-4,12-13H2,1-2H3,(H,22,23). The first-order valence-electron chi connectivity index (χ1n) is 8.61. The lowest BCUT2D eigenvalue weighted by molar-refractivity contribution is -0.146. The van der Waals surface area contributed by atoms with Crippen LogP contribution in [0.3, 0.4) is 0 Å². The number of hydrogen-bond donors (Lipinski definition) is 1. The molecule has 1 amide bonds. The fraction of sp³-hybridized carbons (Fsp3) is 0.300. The van der Waals surface area contributed by atoms with Crippen molar-refractivity contribution in [3.8, 4) is 11.5 Å². The number of rotatable bonds is 9. The van der Waals surface area contributed by atoms with Crippen molar-refractivity contribution in [3.63, 3.8) is 0 Å². The summed E-state index contributed by atoms with van der Waals surface area (Å²) in [5, 5.41) is 2.66. The van der Waals surface area contributed by atoms with E-state index < -0.39 is 11.9 Å². The van der Waals surface area contributed by atoms with E-state index in [-0.39, 0.29) is 13.0 Å². The van der Waals surface area contributed by atoms with Gasteiger partial charge < -0.3 is 19.5 Å². The van der Waals surface area contributed by atoms with Crippen LogP contribution in [0, 0.1) is 0 Å². The van der Waals surface area contributed by atoms with Gasteiger partial charge in [-0.2, -0.15) is 0 Å². The zero-order chi connectivity index (χ0) is 19.6. The summed E-state index contributed by atoms with van der Waals surface area (Å²) in [7, 11) is 0. The van der Waals surface area contributed by atoms with Gasteiger partial charge in [0.25, 0.3) is 5.91 Å². The normalized spacial score (nSPS) is 10.2. The van der Waals surface area contributed by atoms with E-state index in [1.165, 1.54) is 0 Å². The first kappa shape index (κ1) is 20.8. The molecule has 0 saturated heterocycles. The second-order valence-corrected chi connectivity index (χ2v) is 6.46. The molecule has 0 aliphatic carbocycles. The van der Waals surface area contributed by atoms with Crippen molar-refractivity contribution in [1.29, 1.82) is 0 Å². The van der Waals surface area contributed by atoms with Gasteiger partial charge in [-0.1, -0.05) is 22.0 Å². The zero-order valence-corrected chi connectivity index (χ0v) is 16.9. The second kappa shape index (κ2) is 10.6. The molecule has 2 aromatic rings. The van der Waals surface area contributed by atoms with Crippen LogP contribution in [0.15, 0.2) is 46.9 Å². The number of anilines is 1. The molecular formula is C20H22BrNO5. The number of amides is 1. The quantitative estimate of drug-likeness (QED) is 0.603. The van der Waals surface area contributed by atoms with Gasteiger partial charge in [-0.3, -0.25) is 9.59 Å². The highest BCUT2D eigenvalue weighted by Crippen LogP contribution is 2.28. The topological polar surface area (TPSA) is 73.9 Å². The number of carbonyl (C=O) groups is 2. The molecule has 0 spiro atoms. The van der Waals surface area contributed by atoms with Crippen molar-refractivity contribution < 1.29 is 23.8 Å². The van der Waals surface area contributed by atoms with Gasteiger partial charge >= 0.3 is 5.97 Å². The van der Waals surface area contributed by atoms with E-state index in [9.17, 15) is 9.59 Å². The van der Waals surface area contributed by atoms with Crippen LogP contribution in [-0.4, -0.2) is 31.7 Å². The minimum Gasteiger partial charge on any atom is -0.490 e. The lowest BCUT2D eigenvalue weighted by atomic mass is 10.1. The Morgan fingerprint density at radius 2 is 1.63 bits per heavy atom. The van der Waals surface area contributed by atoms with Gasteiger partial charge in [0.2, 0.25) is 0 Å². The van der Waals surface area contributed by atoms with Crippen LogP contribution in [-0.2, 0) is 20.7 Å². The predicted octanol–water partition coefficient (Wildman–Crippen LogP) is 3.97. The average Bonchev–Trinajstić information content (AvgIpc) is 2.64. The second-order valence-electron chi connectivity index (χ2n) is 5.54. The van der Waals surface area contributed by atoms with Crippen molar-refractivity contribution in [2.45, 2.75) is 20.3 Å². The molecule has 27 heavy (non-hydrogen) atoms. The van der Waals surface area contributed by atoms with E-state index in [2.05, 4.69) is 21.2 Å². The van der Waals surface area contributed by atoms with E-state index in [0.717, 1.165) is 10.0 Å². The van der Waals surface area contributed by atoms with Crippen molar-refractivity contribution in [1.82, 2.24) is 0 Å². The Labute approximate surface area is 166 Å². The molecule has 144 valence electrons. The number of halogens is 1. The van der Waals surface area contributed by atoms with E-state index >= 15 is 0 Å². The number of ether oxygens (including phenoxy) is 3. The molecular weight excluding hydrogens is 414 g/mol. The van der Waals surface area contributed by atoms with E-state index in [1.807, 2.05) is 26.0 Å². The maximum Gasteiger partial charge on any atom is 0.310 e. The van der Waals surface area contributed by atoms with Crippen LogP contribution in [0.4, 0.5) is 5.69 Å². The summed E-state index contributed by atoms with van der Waals surface area (Å²) in [6.07, 6.45) is 0.0397. The maximum absolute atomic E-state index is 12.0. The molecule has 0 saturated carbocycles. The zero-order valence-electron chi connectivity index (χ0n) is 15.3. The molecule has 7 heteroatoms. The number of esters is 1. The molecule has 2 aromatic carbocycles. The molecule has 0 aromatic heterocycles. The SMILES string of the molecule is CCOc1ccc(CC(=O)OCC(=O)Nc2ccc(Br)cc2)cc1OCC. The number of benzene rings is 2. The van der Waals surface area contributed by atoms with E-state index in [4.69, 9.17) is 14.2 Å². The van der Waals surface area contributed by atoms with Crippen LogP contribution in [0.5, 0.6) is 11.5 Å². The molecule has 2 rings (SSSR count). The minimum atomic E-state index is -0.493. The van der Waals surface area contributed by atoms with Gasteiger partial charge in [-0.15, -0.1) is 0 Å². The fourth-order valence-corrected chi connectivity index (χ4v) is 2.56. The molecule has 0 bridgehead atoms. The van der Waals surface area contributed by atoms with Gasteiger partial charge in [0.05, 0.1) is 19.6 Å². The third-order valence-electron chi connectivity index (χ3n) is 3.45. The summed E-state index contributed by atoms with van der Waals surface area (Å²) >= 11 is 3.32. The summed E-state index contributed by atoms with van der Waals surface area (Å²) in [5.74, 6) is 0.322.